The average Bonchev–Trinajstić information content (AvgIpc) is 2.30. The largest absolute Gasteiger partial charge is 0.508 e. The third-order valence-corrected chi connectivity index (χ3v) is 2.17. The summed E-state index contributed by atoms with van der Waals surface area (Å²) in [5, 5.41) is 22.2. The van der Waals surface area contributed by atoms with E-state index in [1.54, 1.807) is 19.9 Å². The zero-order valence-electron chi connectivity index (χ0n) is 9.64. The summed E-state index contributed by atoms with van der Waals surface area (Å²) in [6.07, 6.45) is 2.97. The van der Waals surface area contributed by atoms with Gasteiger partial charge in [0.2, 0.25) is 0 Å². The smallest absolute Gasteiger partial charge is 0.266 e. The topological polar surface area (TPSA) is 81.9 Å². The van der Waals surface area contributed by atoms with Gasteiger partial charge in [-0.3, -0.25) is 4.79 Å². The molecule has 1 aromatic carbocycles. The summed E-state index contributed by atoms with van der Waals surface area (Å²) in [6.45, 7) is 3.42. The van der Waals surface area contributed by atoms with Crippen molar-refractivity contribution in [2.75, 3.05) is 0 Å². The lowest BCUT2D eigenvalue weighted by Crippen LogP contribution is -2.18. The third-order valence-electron chi connectivity index (χ3n) is 2.17. The number of benzene rings is 1. The lowest BCUT2D eigenvalue weighted by Gasteiger charge is -2.00. The Morgan fingerprint density at radius 2 is 2.12 bits per heavy atom. The molecule has 0 aliphatic rings. The minimum Gasteiger partial charge on any atom is -0.508 e. The maximum absolute atomic E-state index is 11.3. The van der Waals surface area contributed by atoms with Crippen molar-refractivity contribution in [1.82, 2.24) is 5.43 Å². The van der Waals surface area contributed by atoms with Crippen LogP contribution in [0.15, 0.2) is 34.9 Å². The van der Waals surface area contributed by atoms with Gasteiger partial charge in [0.15, 0.2) is 0 Å². The van der Waals surface area contributed by atoms with E-state index in [0.717, 1.165) is 0 Å². The lowest BCUT2D eigenvalue weighted by atomic mass is 10.2. The van der Waals surface area contributed by atoms with Crippen molar-refractivity contribution < 1.29 is 15.0 Å². The molecule has 0 heterocycles. The first-order valence-electron chi connectivity index (χ1n) is 5.03. The second-order valence-electron chi connectivity index (χ2n) is 3.41. The molecule has 0 saturated carbocycles. The Morgan fingerprint density at radius 1 is 1.41 bits per heavy atom. The molecule has 0 spiro atoms. The van der Waals surface area contributed by atoms with Crippen molar-refractivity contribution in [3.05, 3.63) is 35.4 Å². The second-order valence-corrected chi connectivity index (χ2v) is 3.41. The Kier molecular flexibility index (Phi) is 4.28. The number of amides is 1. The molecule has 5 heteroatoms. The van der Waals surface area contributed by atoms with Crippen molar-refractivity contribution in [3.63, 3.8) is 0 Å². The molecule has 5 nitrogen and oxygen atoms in total. The van der Waals surface area contributed by atoms with E-state index in [1.807, 2.05) is 0 Å². The highest BCUT2D eigenvalue weighted by Crippen LogP contribution is 2.20. The monoisotopic (exact) mass is 234 g/mol. The van der Waals surface area contributed by atoms with Crippen LogP contribution in [0.1, 0.15) is 19.4 Å². The average molecular weight is 234 g/mol. The molecule has 0 fully saturated rings. The van der Waals surface area contributed by atoms with Gasteiger partial charge in [-0.2, -0.15) is 5.10 Å². The highest BCUT2D eigenvalue weighted by molar-refractivity contribution is 5.93. The Bertz CT molecular complexity index is 479. The summed E-state index contributed by atoms with van der Waals surface area (Å²) < 4.78 is 0. The third kappa shape index (κ3) is 3.64. The molecule has 1 rings (SSSR count). The molecule has 3 N–H and O–H groups in total. The first kappa shape index (κ1) is 12.8. The first-order valence-corrected chi connectivity index (χ1v) is 5.03. The Hall–Kier alpha value is -2.30. The summed E-state index contributed by atoms with van der Waals surface area (Å²) in [6, 6.07) is 4.10. The minimum absolute atomic E-state index is 0.0338. The Morgan fingerprint density at radius 3 is 2.71 bits per heavy atom. The van der Waals surface area contributed by atoms with Gasteiger partial charge < -0.3 is 10.2 Å². The standard InChI is InChI=1S/C12H14N2O3/c1-3-8(2)12(17)14-13-7-9-4-5-10(15)6-11(9)16/h3-7,15-16H,1-2H3,(H,14,17)/b8-3-,13-7-. The van der Waals surface area contributed by atoms with Crippen molar-refractivity contribution in [1.29, 1.82) is 0 Å². The number of hydrazone groups is 1. The number of carbonyl (C=O) groups is 1. The fourth-order valence-electron chi connectivity index (χ4n) is 1.02. The molecule has 90 valence electrons. The van der Waals surface area contributed by atoms with Gasteiger partial charge >= 0.3 is 0 Å². The number of nitrogens with zero attached hydrogens (tertiary/aromatic N) is 1. The molecule has 0 aromatic heterocycles. The van der Waals surface area contributed by atoms with Crippen molar-refractivity contribution in [2.24, 2.45) is 5.10 Å². The van der Waals surface area contributed by atoms with Gasteiger partial charge in [0.25, 0.3) is 5.91 Å². The predicted molar refractivity (Wildman–Crippen MR) is 64.9 cm³/mol. The van der Waals surface area contributed by atoms with Crippen molar-refractivity contribution in [2.45, 2.75) is 13.8 Å². The summed E-state index contributed by atoms with van der Waals surface area (Å²) in [5.41, 5.74) is 3.27. The normalized spacial score (nSPS) is 11.8. The zero-order valence-corrected chi connectivity index (χ0v) is 9.64. The van der Waals surface area contributed by atoms with E-state index < -0.39 is 0 Å². The van der Waals surface area contributed by atoms with E-state index in [9.17, 15) is 9.90 Å². The van der Waals surface area contributed by atoms with E-state index in [1.165, 1.54) is 24.4 Å². The number of phenolic OH excluding ortho intramolecular Hbond substituents is 2. The lowest BCUT2D eigenvalue weighted by molar-refractivity contribution is -0.117. The van der Waals surface area contributed by atoms with Crippen LogP contribution in [-0.2, 0) is 4.79 Å². The van der Waals surface area contributed by atoms with Gasteiger partial charge in [-0.05, 0) is 26.0 Å². The SMILES string of the molecule is C/C=C(/C)C(=O)N/N=C\c1ccc(O)cc1O. The number of aromatic hydroxyl groups is 2. The second kappa shape index (κ2) is 5.69. The molecular weight excluding hydrogens is 220 g/mol. The molecule has 1 amide bonds. The number of hydrogen-bond acceptors (Lipinski definition) is 4. The molecule has 0 unspecified atom stereocenters. The quantitative estimate of drug-likeness (QED) is 0.421. The number of carbonyl (C=O) groups excluding carboxylic acids is 1. The zero-order chi connectivity index (χ0) is 12.8. The molecule has 0 bridgehead atoms. The summed E-state index contributed by atoms with van der Waals surface area (Å²) >= 11 is 0. The Balaban J connectivity index is 2.69. The van der Waals surface area contributed by atoms with Crippen LogP contribution in [0.4, 0.5) is 0 Å². The molecule has 0 atom stereocenters. The van der Waals surface area contributed by atoms with Gasteiger partial charge in [-0.15, -0.1) is 0 Å². The number of nitrogens with one attached hydrogen (secondary N) is 1. The minimum atomic E-state index is -0.304. The maximum atomic E-state index is 11.3. The number of hydrogen-bond donors (Lipinski definition) is 3. The summed E-state index contributed by atoms with van der Waals surface area (Å²) in [7, 11) is 0. The molecule has 1 aromatic rings. The van der Waals surface area contributed by atoms with Crippen LogP contribution in [0, 0.1) is 0 Å². The number of rotatable bonds is 3. The van der Waals surface area contributed by atoms with Gasteiger partial charge in [-0.25, -0.2) is 5.43 Å². The first-order chi connectivity index (χ1) is 8.04. The number of phenols is 2. The van der Waals surface area contributed by atoms with Crippen molar-refractivity contribution >= 4 is 12.1 Å². The van der Waals surface area contributed by atoms with Gasteiger partial charge in [-0.1, -0.05) is 6.08 Å². The van der Waals surface area contributed by atoms with E-state index in [4.69, 9.17) is 5.11 Å². The van der Waals surface area contributed by atoms with Gasteiger partial charge in [0, 0.05) is 17.2 Å². The highest BCUT2D eigenvalue weighted by atomic mass is 16.3. The molecule has 17 heavy (non-hydrogen) atoms. The van der Waals surface area contributed by atoms with E-state index in [-0.39, 0.29) is 17.4 Å². The molecule has 0 saturated heterocycles. The molecular formula is C12H14N2O3. The Labute approximate surface area is 99.1 Å². The van der Waals surface area contributed by atoms with Crippen LogP contribution in [0.5, 0.6) is 11.5 Å². The van der Waals surface area contributed by atoms with Crippen LogP contribution in [0.3, 0.4) is 0 Å². The molecule has 0 radical (unpaired) electrons. The van der Waals surface area contributed by atoms with Crippen LogP contribution < -0.4 is 5.43 Å². The van der Waals surface area contributed by atoms with Crippen molar-refractivity contribution in [3.8, 4) is 11.5 Å². The van der Waals surface area contributed by atoms with Gasteiger partial charge in [0.1, 0.15) is 11.5 Å². The van der Waals surface area contributed by atoms with Gasteiger partial charge in [0.05, 0.1) is 6.21 Å². The fraction of sp³-hybridized carbons (Fsp3) is 0.167. The van der Waals surface area contributed by atoms with E-state index in [0.29, 0.717) is 11.1 Å². The maximum Gasteiger partial charge on any atom is 0.266 e. The fourth-order valence-corrected chi connectivity index (χ4v) is 1.02. The molecule has 0 aliphatic heterocycles. The summed E-state index contributed by atoms with van der Waals surface area (Å²) in [5.74, 6) is -0.443. The van der Waals surface area contributed by atoms with Crippen LogP contribution in [0.25, 0.3) is 0 Å². The van der Waals surface area contributed by atoms with E-state index >= 15 is 0 Å². The predicted octanol–water partition coefficient (Wildman–Crippen LogP) is 1.51. The van der Waals surface area contributed by atoms with Crippen LogP contribution in [-0.4, -0.2) is 22.3 Å². The van der Waals surface area contributed by atoms with E-state index in [2.05, 4.69) is 10.5 Å². The molecule has 0 aliphatic carbocycles. The summed E-state index contributed by atoms with van der Waals surface area (Å²) in [4.78, 5) is 11.3. The number of allylic oxidation sites excluding steroid dienone is 1. The highest BCUT2D eigenvalue weighted by Gasteiger charge is 2.01. The van der Waals surface area contributed by atoms with Crippen LogP contribution >= 0.6 is 0 Å². The van der Waals surface area contributed by atoms with Crippen LogP contribution in [0.2, 0.25) is 0 Å².